The summed E-state index contributed by atoms with van der Waals surface area (Å²) in [6.07, 6.45) is 6.02. The SMILES string of the molecule is C#CC1=CP(=S)(N(C)C)CC1. The molecule has 1 aliphatic heterocycles. The first-order valence-electron chi connectivity index (χ1n) is 3.53. The quantitative estimate of drug-likeness (QED) is 0.453. The van der Waals surface area contributed by atoms with Gasteiger partial charge in [0.05, 0.1) is 0 Å². The van der Waals surface area contributed by atoms with Gasteiger partial charge in [0.25, 0.3) is 0 Å². The highest BCUT2D eigenvalue weighted by Gasteiger charge is 2.23. The van der Waals surface area contributed by atoms with E-state index in [1.54, 1.807) is 0 Å². The maximum absolute atomic E-state index is 5.50. The topological polar surface area (TPSA) is 3.24 Å². The van der Waals surface area contributed by atoms with Crippen molar-refractivity contribution in [3.05, 3.63) is 11.4 Å². The molecule has 0 saturated carbocycles. The molecule has 0 aliphatic carbocycles. The monoisotopic (exact) mass is 185 g/mol. The van der Waals surface area contributed by atoms with Crippen LogP contribution in [0, 0.1) is 12.3 Å². The summed E-state index contributed by atoms with van der Waals surface area (Å²) in [4.78, 5) is 0. The van der Waals surface area contributed by atoms with Crippen molar-refractivity contribution >= 4 is 18.0 Å². The average Bonchev–Trinajstić information content (AvgIpc) is 2.33. The molecule has 0 spiro atoms. The molecule has 0 aromatic carbocycles. The lowest BCUT2D eigenvalue weighted by Gasteiger charge is -2.21. The Balaban J connectivity index is 2.90. The van der Waals surface area contributed by atoms with Crippen LogP contribution in [0.3, 0.4) is 0 Å². The molecule has 3 heteroatoms. The lowest BCUT2D eigenvalue weighted by atomic mass is 10.3. The van der Waals surface area contributed by atoms with Gasteiger partial charge in [0.1, 0.15) is 0 Å². The van der Waals surface area contributed by atoms with E-state index in [1.807, 2.05) is 14.1 Å². The minimum absolute atomic E-state index is 1.01. The van der Waals surface area contributed by atoms with Gasteiger partial charge in [-0.3, -0.25) is 4.67 Å². The zero-order chi connectivity index (χ0) is 8.48. The minimum atomic E-state index is -1.35. The van der Waals surface area contributed by atoms with Crippen molar-refractivity contribution in [2.24, 2.45) is 0 Å². The summed E-state index contributed by atoms with van der Waals surface area (Å²) >= 11 is 5.50. The van der Waals surface area contributed by atoms with Crippen LogP contribution in [0.1, 0.15) is 6.42 Å². The van der Waals surface area contributed by atoms with E-state index in [2.05, 4.69) is 16.4 Å². The molecule has 1 unspecified atom stereocenters. The van der Waals surface area contributed by atoms with Gasteiger partial charge >= 0.3 is 0 Å². The molecule has 1 atom stereocenters. The molecule has 1 rings (SSSR count). The Bertz CT molecular complexity index is 272. The van der Waals surface area contributed by atoms with Crippen LogP contribution in [0.2, 0.25) is 0 Å². The number of hydrogen-bond donors (Lipinski definition) is 0. The van der Waals surface area contributed by atoms with E-state index < -0.39 is 6.19 Å². The van der Waals surface area contributed by atoms with E-state index in [4.69, 9.17) is 18.2 Å². The Morgan fingerprint density at radius 1 is 1.73 bits per heavy atom. The van der Waals surface area contributed by atoms with Gasteiger partial charge in [0, 0.05) is 11.8 Å². The minimum Gasteiger partial charge on any atom is -0.278 e. The van der Waals surface area contributed by atoms with Gasteiger partial charge in [-0.15, -0.1) is 6.42 Å². The van der Waals surface area contributed by atoms with Gasteiger partial charge in [-0.2, -0.15) is 0 Å². The largest absolute Gasteiger partial charge is 0.278 e. The molecule has 60 valence electrons. The van der Waals surface area contributed by atoms with Crippen molar-refractivity contribution < 1.29 is 0 Å². The highest BCUT2D eigenvalue weighted by Crippen LogP contribution is 2.55. The van der Waals surface area contributed by atoms with Crippen LogP contribution < -0.4 is 0 Å². The zero-order valence-corrected chi connectivity index (χ0v) is 8.58. The summed E-state index contributed by atoms with van der Waals surface area (Å²) in [6.45, 7) is 0. The maximum atomic E-state index is 5.50. The maximum Gasteiger partial charge on any atom is 0.0367 e. The van der Waals surface area contributed by atoms with Crippen LogP contribution in [-0.2, 0) is 11.8 Å². The fraction of sp³-hybridized carbons (Fsp3) is 0.500. The van der Waals surface area contributed by atoms with Crippen LogP contribution in [0.15, 0.2) is 11.4 Å². The van der Waals surface area contributed by atoms with Crippen LogP contribution in [0.25, 0.3) is 0 Å². The summed E-state index contributed by atoms with van der Waals surface area (Å²) in [5.41, 5.74) is 1.10. The van der Waals surface area contributed by atoms with E-state index in [-0.39, 0.29) is 0 Å². The molecular weight excluding hydrogens is 173 g/mol. The summed E-state index contributed by atoms with van der Waals surface area (Å²) in [5, 5.41) is 0. The molecule has 1 aliphatic rings. The van der Waals surface area contributed by atoms with Crippen molar-refractivity contribution in [3.63, 3.8) is 0 Å². The van der Waals surface area contributed by atoms with E-state index in [0.29, 0.717) is 0 Å². The number of rotatable bonds is 1. The second-order valence-electron chi connectivity index (χ2n) is 2.88. The average molecular weight is 185 g/mol. The Kier molecular flexibility index (Phi) is 2.54. The highest BCUT2D eigenvalue weighted by molar-refractivity contribution is 8.15. The van der Waals surface area contributed by atoms with E-state index in [9.17, 15) is 0 Å². The Labute approximate surface area is 73.5 Å². The van der Waals surface area contributed by atoms with Crippen molar-refractivity contribution in [1.29, 1.82) is 0 Å². The van der Waals surface area contributed by atoms with E-state index in [0.717, 1.165) is 18.2 Å². The first kappa shape index (κ1) is 9.00. The summed E-state index contributed by atoms with van der Waals surface area (Å²) in [5.74, 6) is 4.80. The first-order valence-corrected chi connectivity index (χ1v) is 6.54. The molecule has 0 amide bonds. The molecule has 0 aromatic rings. The Morgan fingerprint density at radius 3 is 2.64 bits per heavy atom. The lowest BCUT2D eigenvalue weighted by molar-refractivity contribution is 0.681. The first-order chi connectivity index (χ1) is 5.08. The second kappa shape index (κ2) is 3.11. The van der Waals surface area contributed by atoms with Gasteiger partial charge in [-0.05, 0) is 32.5 Å². The van der Waals surface area contributed by atoms with Crippen molar-refractivity contribution in [2.45, 2.75) is 6.42 Å². The van der Waals surface area contributed by atoms with E-state index >= 15 is 0 Å². The van der Waals surface area contributed by atoms with Gasteiger partial charge < -0.3 is 0 Å². The summed E-state index contributed by atoms with van der Waals surface area (Å²) < 4.78 is 2.15. The second-order valence-corrected chi connectivity index (χ2v) is 7.79. The number of hydrogen-bond acceptors (Lipinski definition) is 1. The van der Waals surface area contributed by atoms with Crippen molar-refractivity contribution in [3.8, 4) is 12.3 Å². The van der Waals surface area contributed by atoms with Crippen LogP contribution in [0.5, 0.6) is 0 Å². The van der Waals surface area contributed by atoms with E-state index in [1.165, 1.54) is 0 Å². The Hall–Kier alpha value is -0.0900. The van der Waals surface area contributed by atoms with Crippen molar-refractivity contribution in [1.82, 2.24) is 4.67 Å². The molecule has 0 N–H and O–H groups in total. The van der Waals surface area contributed by atoms with Gasteiger partial charge in [0.15, 0.2) is 0 Å². The predicted octanol–water partition coefficient (Wildman–Crippen LogP) is 1.86. The third-order valence-corrected chi connectivity index (χ3v) is 6.70. The third kappa shape index (κ3) is 1.73. The molecular formula is C8H12NPS. The molecule has 0 saturated heterocycles. The summed E-state index contributed by atoms with van der Waals surface area (Å²) in [6, 6.07) is 0. The number of terminal acetylenes is 1. The molecule has 0 bridgehead atoms. The molecule has 0 aromatic heterocycles. The summed E-state index contributed by atoms with van der Waals surface area (Å²) in [7, 11) is 4.08. The standard InChI is InChI=1S/C8H12NPS/c1-4-8-5-6-10(11,7-8)9(2)3/h1,7H,5-6H2,2-3H3. The smallest absolute Gasteiger partial charge is 0.0367 e. The number of nitrogens with zero attached hydrogens (tertiary/aromatic N) is 1. The van der Waals surface area contributed by atoms with Crippen LogP contribution in [0.4, 0.5) is 0 Å². The van der Waals surface area contributed by atoms with Crippen LogP contribution in [-0.4, -0.2) is 24.9 Å². The zero-order valence-electron chi connectivity index (χ0n) is 6.87. The van der Waals surface area contributed by atoms with Gasteiger partial charge in [0.2, 0.25) is 0 Å². The Morgan fingerprint density at radius 2 is 2.36 bits per heavy atom. The van der Waals surface area contributed by atoms with Crippen LogP contribution >= 0.6 is 6.19 Å². The fourth-order valence-electron chi connectivity index (χ4n) is 1.08. The highest BCUT2D eigenvalue weighted by atomic mass is 32.4. The molecule has 0 fully saturated rings. The molecule has 1 nitrogen and oxygen atoms in total. The molecule has 11 heavy (non-hydrogen) atoms. The number of allylic oxidation sites excluding steroid dienone is 1. The van der Waals surface area contributed by atoms with Gasteiger partial charge in [-0.1, -0.05) is 17.7 Å². The lowest BCUT2D eigenvalue weighted by Crippen LogP contribution is -2.06. The third-order valence-electron chi connectivity index (χ3n) is 1.92. The van der Waals surface area contributed by atoms with Crippen molar-refractivity contribution in [2.75, 3.05) is 20.3 Å². The predicted molar refractivity (Wildman–Crippen MR) is 54.4 cm³/mol. The fourth-order valence-corrected chi connectivity index (χ4v) is 3.75. The van der Waals surface area contributed by atoms with Gasteiger partial charge in [-0.25, -0.2) is 0 Å². The molecule has 1 heterocycles. The normalized spacial score (nSPS) is 30.2. The molecule has 0 radical (unpaired) electrons.